The summed E-state index contributed by atoms with van der Waals surface area (Å²) in [6, 6.07) is 1.56. The van der Waals surface area contributed by atoms with Gasteiger partial charge in [-0.15, -0.1) is 4.99 Å². The molecule has 0 aliphatic heterocycles. The minimum absolute atomic E-state index is 0.248. The van der Waals surface area contributed by atoms with Crippen LogP contribution in [0.15, 0.2) is 23.5 Å². The topological polar surface area (TPSA) is 106 Å². The van der Waals surface area contributed by atoms with Crippen molar-refractivity contribution in [1.29, 1.82) is 0 Å². The minimum Gasteiger partial charge on any atom is -0.465 e. The van der Waals surface area contributed by atoms with Crippen molar-refractivity contribution in [2.24, 2.45) is 4.99 Å². The first kappa shape index (κ1) is 13.7. The lowest BCUT2D eigenvalue weighted by Crippen LogP contribution is -2.36. The van der Waals surface area contributed by atoms with Crippen LogP contribution in [-0.2, 0) is 4.74 Å². The number of amides is 2. The normalized spacial score (nSPS) is 12.1. The van der Waals surface area contributed by atoms with Gasteiger partial charge in [0.15, 0.2) is 0 Å². The number of carbonyl (C=O) groups is 2. The number of aromatic nitrogens is 2. The van der Waals surface area contributed by atoms with E-state index in [1.807, 2.05) is 5.32 Å². The maximum atomic E-state index is 11.5. The third-order valence-corrected chi connectivity index (χ3v) is 1.53. The van der Waals surface area contributed by atoms with E-state index in [1.54, 1.807) is 26.8 Å². The molecule has 8 heteroatoms. The average molecular weight is 254 g/mol. The van der Waals surface area contributed by atoms with Gasteiger partial charge in [0.2, 0.25) is 5.96 Å². The fourth-order valence-corrected chi connectivity index (χ4v) is 0.997. The van der Waals surface area contributed by atoms with E-state index in [2.05, 4.69) is 10.1 Å². The van der Waals surface area contributed by atoms with E-state index in [0.29, 0.717) is 0 Å². The molecule has 1 aromatic rings. The average Bonchev–Trinajstić information content (AvgIpc) is 2.64. The molecule has 0 spiro atoms. The quantitative estimate of drug-likeness (QED) is 0.536. The van der Waals surface area contributed by atoms with Gasteiger partial charge in [0, 0.05) is 12.4 Å². The first-order chi connectivity index (χ1) is 8.28. The van der Waals surface area contributed by atoms with E-state index in [-0.39, 0.29) is 5.96 Å². The van der Waals surface area contributed by atoms with Gasteiger partial charge in [0.05, 0.1) is 0 Å². The molecule has 0 unspecified atom stereocenters. The van der Waals surface area contributed by atoms with Crippen molar-refractivity contribution in [3.63, 3.8) is 0 Å². The van der Waals surface area contributed by atoms with Crippen LogP contribution in [0.5, 0.6) is 0 Å². The summed E-state index contributed by atoms with van der Waals surface area (Å²) < 4.78 is 6.06. The highest BCUT2D eigenvalue weighted by molar-refractivity contribution is 5.99. The van der Waals surface area contributed by atoms with Gasteiger partial charge in [0.25, 0.3) is 0 Å². The van der Waals surface area contributed by atoms with Gasteiger partial charge < -0.3 is 9.84 Å². The van der Waals surface area contributed by atoms with Gasteiger partial charge in [0.1, 0.15) is 5.60 Å². The highest BCUT2D eigenvalue weighted by Gasteiger charge is 2.17. The molecule has 98 valence electrons. The number of carbonyl (C=O) groups excluding carboxylic acids is 1. The molecule has 0 radical (unpaired) electrons. The standard InChI is InChI=1S/C10H14N4O4/c1-10(2,3)18-9(17)13-7(12-8(15)16)14-6-4-5-11-14/h4-6H,1-3H3,(H,15,16)(H,12,13,17). The van der Waals surface area contributed by atoms with Gasteiger partial charge >= 0.3 is 12.2 Å². The SMILES string of the molecule is CC(C)(C)OC(=O)N=C(NC(=O)O)n1cccn1. The third-order valence-electron chi connectivity index (χ3n) is 1.53. The Morgan fingerprint density at radius 1 is 1.44 bits per heavy atom. The Kier molecular flexibility index (Phi) is 4.03. The molecule has 0 aliphatic carbocycles. The molecular weight excluding hydrogens is 240 g/mol. The number of aliphatic imine (C=N–C) groups is 1. The molecule has 0 atom stereocenters. The zero-order chi connectivity index (χ0) is 13.8. The predicted octanol–water partition coefficient (Wildman–Crippen LogP) is 1.29. The van der Waals surface area contributed by atoms with E-state index < -0.39 is 17.8 Å². The van der Waals surface area contributed by atoms with E-state index in [0.717, 1.165) is 4.68 Å². The van der Waals surface area contributed by atoms with E-state index in [1.165, 1.54) is 12.4 Å². The predicted molar refractivity (Wildman–Crippen MR) is 62.5 cm³/mol. The monoisotopic (exact) mass is 254 g/mol. The van der Waals surface area contributed by atoms with Crippen LogP contribution in [-0.4, -0.2) is 38.6 Å². The van der Waals surface area contributed by atoms with Crippen LogP contribution in [0.25, 0.3) is 0 Å². The first-order valence-electron chi connectivity index (χ1n) is 5.09. The largest absolute Gasteiger partial charge is 0.465 e. The molecule has 0 aliphatic rings. The van der Waals surface area contributed by atoms with Gasteiger partial charge in [-0.3, -0.25) is 5.32 Å². The van der Waals surface area contributed by atoms with Crippen molar-refractivity contribution in [2.75, 3.05) is 0 Å². The number of hydrogen-bond donors (Lipinski definition) is 2. The fraction of sp³-hybridized carbons (Fsp3) is 0.400. The van der Waals surface area contributed by atoms with Crippen LogP contribution in [0.2, 0.25) is 0 Å². The Morgan fingerprint density at radius 2 is 2.11 bits per heavy atom. The van der Waals surface area contributed by atoms with Crippen LogP contribution in [0.3, 0.4) is 0 Å². The van der Waals surface area contributed by atoms with Gasteiger partial charge in [-0.1, -0.05) is 0 Å². The Bertz CT molecular complexity index is 459. The van der Waals surface area contributed by atoms with Crippen LogP contribution in [0.1, 0.15) is 20.8 Å². The summed E-state index contributed by atoms with van der Waals surface area (Å²) >= 11 is 0. The van der Waals surface area contributed by atoms with Gasteiger partial charge in [-0.05, 0) is 26.8 Å². The molecule has 2 amide bonds. The number of nitrogens with zero attached hydrogens (tertiary/aromatic N) is 3. The maximum absolute atomic E-state index is 11.5. The summed E-state index contributed by atoms with van der Waals surface area (Å²) in [5, 5.41) is 14.4. The molecule has 1 rings (SSSR count). The van der Waals surface area contributed by atoms with Crippen LogP contribution >= 0.6 is 0 Å². The molecule has 0 saturated heterocycles. The molecule has 8 nitrogen and oxygen atoms in total. The first-order valence-corrected chi connectivity index (χ1v) is 5.09. The van der Waals surface area contributed by atoms with Gasteiger partial charge in [-0.2, -0.15) is 5.10 Å². The summed E-state index contributed by atoms with van der Waals surface area (Å²) in [6.45, 7) is 5.04. The molecule has 1 heterocycles. The van der Waals surface area contributed by atoms with Crippen LogP contribution in [0, 0.1) is 0 Å². The van der Waals surface area contributed by atoms with Crippen LogP contribution in [0.4, 0.5) is 9.59 Å². The molecular formula is C10H14N4O4. The molecule has 1 aromatic heterocycles. The van der Waals surface area contributed by atoms with E-state index in [4.69, 9.17) is 9.84 Å². The van der Waals surface area contributed by atoms with Crippen molar-refractivity contribution in [3.05, 3.63) is 18.5 Å². The van der Waals surface area contributed by atoms with Crippen molar-refractivity contribution in [1.82, 2.24) is 15.1 Å². The third kappa shape index (κ3) is 4.64. The van der Waals surface area contributed by atoms with Crippen molar-refractivity contribution in [3.8, 4) is 0 Å². The Balaban J connectivity index is 2.90. The lowest BCUT2D eigenvalue weighted by atomic mass is 10.2. The molecule has 2 N–H and O–H groups in total. The molecule has 0 saturated carbocycles. The minimum atomic E-state index is -1.35. The number of hydrogen-bond acceptors (Lipinski definition) is 4. The molecule has 18 heavy (non-hydrogen) atoms. The molecule has 0 fully saturated rings. The molecule has 0 aromatic carbocycles. The van der Waals surface area contributed by atoms with Crippen molar-refractivity contribution >= 4 is 18.1 Å². The Labute approximate surface area is 103 Å². The molecule has 0 bridgehead atoms. The second-order valence-corrected chi connectivity index (χ2v) is 4.30. The summed E-state index contributed by atoms with van der Waals surface area (Å²) in [5.74, 6) is -0.248. The number of rotatable bonds is 0. The van der Waals surface area contributed by atoms with Gasteiger partial charge in [-0.25, -0.2) is 14.3 Å². The number of carboxylic acid groups (broad SMARTS) is 1. The lowest BCUT2D eigenvalue weighted by Gasteiger charge is -2.17. The summed E-state index contributed by atoms with van der Waals surface area (Å²) in [4.78, 5) is 25.6. The smallest absolute Gasteiger partial charge is 0.437 e. The summed E-state index contributed by atoms with van der Waals surface area (Å²) in [6.07, 6.45) is 0.613. The highest BCUT2D eigenvalue weighted by atomic mass is 16.6. The van der Waals surface area contributed by atoms with E-state index in [9.17, 15) is 9.59 Å². The Hall–Kier alpha value is -2.38. The highest BCUT2D eigenvalue weighted by Crippen LogP contribution is 2.08. The summed E-state index contributed by atoms with van der Waals surface area (Å²) in [7, 11) is 0. The second-order valence-electron chi connectivity index (χ2n) is 4.30. The van der Waals surface area contributed by atoms with Crippen molar-refractivity contribution in [2.45, 2.75) is 26.4 Å². The van der Waals surface area contributed by atoms with Crippen molar-refractivity contribution < 1.29 is 19.4 Å². The van der Waals surface area contributed by atoms with E-state index >= 15 is 0 Å². The zero-order valence-corrected chi connectivity index (χ0v) is 10.2. The Morgan fingerprint density at radius 3 is 2.56 bits per heavy atom. The summed E-state index contributed by atoms with van der Waals surface area (Å²) in [5.41, 5.74) is -0.709. The number of ether oxygens (including phenoxy) is 1. The second kappa shape index (κ2) is 5.30. The van der Waals surface area contributed by atoms with Crippen LogP contribution < -0.4 is 5.32 Å². The number of nitrogens with one attached hydrogen (secondary N) is 1. The maximum Gasteiger partial charge on any atom is 0.437 e. The lowest BCUT2D eigenvalue weighted by molar-refractivity contribution is 0.0603. The fourth-order valence-electron chi connectivity index (χ4n) is 0.997. The zero-order valence-electron chi connectivity index (χ0n) is 10.2.